The Bertz CT molecular complexity index is 1050. The first kappa shape index (κ1) is 17.3. The molecule has 6 heteroatoms. The maximum atomic E-state index is 13.5. The van der Waals surface area contributed by atoms with E-state index in [0.29, 0.717) is 5.78 Å². The monoisotopic (exact) mass is 368 g/mol. The van der Waals surface area contributed by atoms with Crippen LogP contribution in [0.15, 0.2) is 34.2 Å². The fourth-order valence-electron chi connectivity index (χ4n) is 3.79. The first-order chi connectivity index (χ1) is 12.4. The molecule has 4 rings (SSSR count). The van der Waals surface area contributed by atoms with E-state index in [-0.39, 0.29) is 11.0 Å². The van der Waals surface area contributed by atoms with Crippen molar-refractivity contribution in [2.45, 2.75) is 50.6 Å². The van der Waals surface area contributed by atoms with Crippen LogP contribution in [0.2, 0.25) is 0 Å². The minimum absolute atomic E-state index is 0.0246. The van der Waals surface area contributed by atoms with E-state index in [1.807, 2.05) is 13.1 Å². The number of unbranched alkanes of at least 4 members (excludes halogenated alkanes) is 1. The molecule has 136 valence electrons. The van der Waals surface area contributed by atoms with Gasteiger partial charge in [0.15, 0.2) is 5.16 Å². The summed E-state index contributed by atoms with van der Waals surface area (Å²) in [5.74, 6) is 1.57. The summed E-state index contributed by atoms with van der Waals surface area (Å²) in [6.07, 6.45) is 3.08. The molecule has 3 aromatic rings. The van der Waals surface area contributed by atoms with Crippen LogP contribution in [-0.4, -0.2) is 24.9 Å². The molecule has 0 saturated carbocycles. The molecule has 0 radical (unpaired) electrons. The largest absolute Gasteiger partial charge is 0.268 e. The molecule has 1 aliphatic carbocycles. The fraction of sp³-hybridized carbons (Fsp3) is 0.450. The molecule has 1 aliphatic rings. The summed E-state index contributed by atoms with van der Waals surface area (Å²) in [4.78, 5) is 18.4. The number of rotatable bonds is 4. The van der Waals surface area contributed by atoms with Crippen LogP contribution in [0.4, 0.5) is 0 Å². The van der Waals surface area contributed by atoms with Gasteiger partial charge in [0.1, 0.15) is 0 Å². The summed E-state index contributed by atoms with van der Waals surface area (Å²) in [7, 11) is 1.86. The van der Waals surface area contributed by atoms with Gasteiger partial charge in [-0.25, -0.2) is 14.1 Å². The average molecular weight is 369 g/mol. The van der Waals surface area contributed by atoms with Crippen LogP contribution < -0.4 is 5.56 Å². The number of hydrogen-bond donors (Lipinski definition) is 0. The third-order valence-corrected chi connectivity index (χ3v) is 6.11. The molecule has 0 spiro atoms. The molecular formula is C20H24N4OS. The third-order valence-electron chi connectivity index (χ3n) is 5.09. The van der Waals surface area contributed by atoms with Crippen molar-refractivity contribution < 1.29 is 0 Å². The quantitative estimate of drug-likeness (QED) is 0.519. The molecule has 0 N–H and O–H groups in total. The van der Waals surface area contributed by atoms with Crippen molar-refractivity contribution in [1.82, 2.24) is 19.2 Å². The molecule has 0 fully saturated rings. The highest BCUT2D eigenvalue weighted by Crippen LogP contribution is 2.40. The Kier molecular flexibility index (Phi) is 4.18. The zero-order chi connectivity index (χ0) is 18.5. The Hall–Kier alpha value is -2.08. The van der Waals surface area contributed by atoms with Crippen molar-refractivity contribution in [2.24, 2.45) is 7.05 Å². The summed E-state index contributed by atoms with van der Waals surface area (Å²) in [6.45, 7) is 6.44. The molecule has 2 aromatic heterocycles. The number of aryl methyl sites for hydroxylation is 1. The van der Waals surface area contributed by atoms with Crippen molar-refractivity contribution in [1.29, 1.82) is 0 Å². The van der Waals surface area contributed by atoms with Gasteiger partial charge < -0.3 is 0 Å². The van der Waals surface area contributed by atoms with Gasteiger partial charge in [-0.1, -0.05) is 63.2 Å². The summed E-state index contributed by atoms with van der Waals surface area (Å²) in [5.41, 5.74) is 3.71. The van der Waals surface area contributed by atoms with Gasteiger partial charge in [-0.3, -0.25) is 4.79 Å². The van der Waals surface area contributed by atoms with Gasteiger partial charge in [-0.2, -0.15) is 0 Å². The lowest BCUT2D eigenvalue weighted by Crippen LogP contribution is -2.36. The highest BCUT2D eigenvalue weighted by atomic mass is 32.2. The second kappa shape index (κ2) is 6.27. The highest BCUT2D eigenvalue weighted by Gasteiger charge is 2.36. The number of hydrogen-bond acceptors (Lipinski definition) is 4. The number of thioether (sulfide) groups is 1. The predicted molar refractivity (Wildman–Crippen MR) is 106 cm³/mol. The van der Waals surface area contributed by atoms with Crippen molar-refractivity contribution in [3.63, 3.8) is 0 Å². The van der Waals surface area contributed by atoms with Crippen molar-refractivity contribution in [3.8, 4) is 11.3 Å². The smallest absolute Gasteiger partial charge is 0.265 e. The maximum absolute atomic E-state index is 13.5. The molecule has 0 amide bonds. The van der Waals surface area contributed by atoms with Crippen LogP contribution in [0, 0.1) is 0 Å². The Balaban J connectivity index is 2.00. The van der Waals surface area contributed by atoms with E-state index >= 15 is 0 Å². The Morgan fingerprint density at radius 1 is 1.27 bits per heavy atom. The highest BCUT2D eigenvalue weighted by molar-refractivity contribution is 7.99. The van der Waals surface area contributed by atoms with Gasteiger partial charge >= 0.3 is 0 Å². The van der Waals surface area contributed by atoms with Crippen LogP contribution in [0.25, 0.3) is 17.0 Å². The molecule has 0 bridgehead atoms. The summed E-state index contributed by atoms with van der Waals surface area (Å²) in [5, 5.41) is 5.32. The van der Waals surface area contributed by atoms with Gasteiger partial charge in [0, 0.05) is 23.8 Å². The molecule has 0 unspecified atom stereocenters. The van der Waals surface area contributed by atoms with E-state index in [2.05, 4.69) is 44.1 Å². The van der Waals surface area contributed by atoms with E-state index in [9.17, 15) is 4.79 Å². The van der Waals surface area contributed by atoms with Gasteiger partial charge in [0.05, 0.1) is 11.3 Å². The molecule has 2 heterocycles. The lowest BCUT2D eigenvalue weighted by atomic mass is 9.72. The zero-order valence-corrected chi connectivity index (χ0v) is 16.6. The number of nitrogens with zero attached hydrogens (tertiary/aromatic N) is 4. The molecule has 0 saturated heterocycles. The third kappa shape index (κ3) is 2.58. The van der Waals surface area contributed by atoms with E-state index < -0.39 is 0 Å². The second-order valence-electron chi connectivity index (χ2n) is 7.60. The zero-order valence-electron chi connectivity index (χ0n) is 15.7. The van der Waals surface area contributed by atoms with Crippen LogP contribution in [-0.2, 0) is 18.9 Å². The Labute approximate surface area is 157 Å². The summed E-state index contributed by atoms with van der Waals surface area (Å²) < 4.78 is 3.43. The van der Waals surface area contributed by atoms with Crippen LogP contribution in [0.1, 0.15) is 44.7 Å². The minimum atomic E-state index is -0.254. The molecule has 0 atom stereocenters. The lowest BCUT2D eigenvalue weighted by Gasteiger charge is -2.32. The van der Waals surface area contributed by atoms with E-state index in [1.165, 1.54) is 5.56 Å². The van der Waals surface area contributed by atoms with Gasteiger partial charge in [-0.15, -0.1) is 5.10 Å². The molecule has 0 aliphatic heterocycles. The summed E-state index contributed by atoms with van der Waals surface area (Å²) in [6, 6.07) is 8.27. The molecule has 5 nitrogen and oxygen atoms in total. The molecule has 1 aromatic carbocycles. The Morgan fingerprint density at radius 3 is 2.81 bits per heavy atom. The van der Waals surface area contributed by atoms with Crippen molar-refractivity contribution in [3.05, 3.63) is 45.7 Å². The Morgan fingerprint density at radius 2 is 2.04 bits per heavy atom. The van der Waals surface area contributed by atoms with Crippen molar-refractivity contribution >= 4 is 17.5 Å². The van der Waals surface area contributed by atoms with Gasteiger partial charge in [0.2, 0.25) is 5.78 Å². The van der Waals surface area contributed by atoms with Gasteiger partial charge in [0.25, 0.3) is 5.56 Å². The van der Waals surface area contributed by atoms with E-state index in [4.69, 9.17) is 4.98 Å². The van der Waals surface area contributed by atoms with Crippen LogP contribution in [0.3, 0.4) is 0 Å². The minimum Gasteiger partial charge on any atom is -0.268 e. The van der Waals surface area contributed by atoms with Gasteiger partial charge in [-0.05, 0) is 18.4 Å². The average Bonchev–Trinajstić information content (AvgIpc) is 2.91. The SMILES string of the molecule is CCCCSc1nn(C)c2nc3c(c(=O)n12)C(C)(C)Cc1ccccc1-3. The number of aromatic nitrogens is 4. The lowest BCUT2D eigenvalue weighted by molar-refractivity contribution is 0.505. The van der Waals surface area contributed by atoms with E-state index in [1.54, 1.807) is 20.8 Å². The second-order valence-corrected chi connectivity index (χ2v) is 8.66. The molecular weight excluding hydrogens is 344 g/mol. The predicted octanol–water partition coefficient (Wildman–Crippen LogP) is 3.82. The standard InChI is InChI=1S/C20H24N4OS/c1-5-6-11-26-19-22-23(4)18-21-16-14-10-8-7-9-13(14)12-20(2,3)15(16)17(25)24(18)19/h7-10H,5-6,11-12H2,1-4H3. The normalized spacial score (nSPS) is 15.1. The van der Waals surface area contributed by atoms with E-state index in [0.717, 1.165) is 47.0 Å². The van der Waals surface area contributed by atoms with Crippen LogP contribution >= 0.6 is 11.8 Å². The first-order valence-corrected chi connectivity index (χ1v) is 10.1. The first-order valence-electron chi connectivity index (χ1n) is 9.15. The number of fused-ring (bicyclic) bond motifs is 4. The van der Waals surface area contributed by atoms with Crippen molar-refractivity contribution in [2.75, 3.05) is 5.75 Å². The summed E-state index contributed by atoms with van der Waals surface area (Å²) >= 11 is 1.64. The fourth-order valence-corrected chi connectivity index (χ4v) is 4.88. The maximum Gasteiger partial charge on any atom is 0.265 e. The van der Waals surface area contributed by atoms with Crippen LogP contribution in [0.5, 0.6) is 0 Å². The topological polar surface area (TPSA) is 52.2 Å². The molecule has 26 heavy (non-hydrogen) atoms. The number of benzene rings is 1.